The van der Waals surface area contributed by atoms with Crippen LogP contribution in [0.2, 0.25) is 5.02 Å². The van der Waals surface area contributed by atoms with E-state index >= 15 is 0 Å². The number of nitrogens with zero attached hydrogens (tertiary/aromatic N) is 1. The molecule has 0 spiro atoms. The predicted octanol–water partition coefficient (Wildman–Crippen LogP) is 2.76. The van der Waals surface area contributed by atoms with E-state index < -0.39 is 0 Å². The SMILES string of the molecule is NCC1CCCN(C(=O)c2cc(Cl)ccc2I)C1. The molecule has 2 rings (SSSR count). The number of amides is 1. The lowest BCUT2D eigenvalue weighted by Gasteiger charge is -2.32. The van der Waals surface area contributed by atoms with Crippen LogP contribution in [0.25, 0.3) is 0 Å². The van der Waals surface area contributed by atoms with Crippen LogP contribution in [0.15, 0.2) is 18.2 Å². The van der Waals surface area contributed by atoms with Crippen LogP contribution in [0.4, 0.5) is 0 Å². The molecule has 98 valence electrons. The maximum Gasteiger partial charge on any atom is 0.254 e. The molecule has 1 atom stereocenters. The van der Waals surface area contributed by atoms with Crippen LogP contribution in [0, 0.1) is 9.49 Å². The van der Waals surface area contributed by atoms with Crippen molar-refractivity contribution in [3.8, 4) is 0 Å². The highest BCUT2D eigenvalue weighted by molar-refractivity contribution is 14.1. The van der Waals surface area contributed by atoms with E-state index in [0.717, 1.165) is 29.5 Å². The van der Waals surface area contributed by atoms with Crippen LogP contribution >= 0.6 is 34.2 Å². The summed E-state index contributed by atoms with van der Waals surface area (Å²) in [6.45, 7) is 2.23. The zero-order valence-electron chi connectivity index (χ0n) is 10.0. The second-order valence-electron chi connectivity index (χ2n) is 4.62. The van der Waals surface area contributed by atoms with Gasteiger partial charge in [0.25, 0.3) is 5.91 Å². The van der Waals surface area contributed by atoms with Gasteiger partial charge in [-0.3, -0.25) is 4.79 Å². The average molecular weight is 379 g/mol. The molecule has 1 fully saturated rings. The Hall–Kier alpha value is -0.330. The predicted molar refractivity (Wildman–Crippen MR) is 81.9 cm³/mol. The Labute approximate surface area is 126 Å². The first-order chi connectivity index (χ1) is 8.61. The second kappa shape index (κ2) is 6.21. The quantitative estimate of drug-likeness (QED) is 0.805. The van der Waals surface area contributed by atoms with E-state index in [4.69, 9.17) is 17.3 Å². The summed E-state index contributed by atoms with van der Waals surface area (Å²) in [5.74, 6) is 0.500. The summed E-state index contributed by atoms with van der Waals surface area (Å²) < 4.78 is 0.942. The fourth-order valence-electron chi connectivity index (χ4n) is 2.27. The molecule has 3 nitrogen and oxygen atoms in total. The van der Waals surface area contributed by atoms with E-state index in [1.807, 2.05) is 11.0 Å². The summed E-state index contributed by atoms with van der Waals surface area (Å²) in [7, 11) is 0. The van der Waals surface area contributed by atoms with Crippen molar-refractivity contribution in [2.45, 2.75) is 12.8 Å². The Balaban J connectivity index is 2.17. The molecule has 18 heavy (non-hydrogen) atoms. The van der Waals surface area contributed by atoms with Crippen LogP contribution in [-0.2, 0) is 0 Å². The van der Waals surface area contributed by atoms with Gasteiger partial charge in [-0.15, -0.1) is 0 Å². The van der Waals surface area contributed by atoms with E-state index in [1.54, 1.807) is 12.1 Å². The van der Waals surface area contributed by atoms with Crippen molar-refractivity contribution < 1.29 is 4.79 Å². The standard InChI is InChI=1S/C13H16ClIN2O/c14-10-3-4-12(15)11(6-10)13(18)17-5-1-2-9(7-16)8-17/h3-4,6,9H,1-2,5,7-8,16H2. The Morgan fingerprint density at radius 2 is 2.33 bits per heavy atom. The number of benzene rings is 1. The van der Waals surface area contributed by atoms with Crippen LogP contribution in [0.5, 0.6) is 0 Å². The smallest absolute Gasteiger partial charge is 0.254 e. The maximum absolute atomic E-state index is 12.5. The number of likely N-dealkylation sites (tertiary alicyclic amines) is 1. The molecule has 1 amide bonds. The molecule has 2 N–H and O–H groups in total. The van der Waals surface area contributed by atoms with Crippen molar-refractivity contribution in [3.63, 3.8) is 0 Å². The van der Waals surface area contributed by atoms with Gasteiger partial charge in [-0.25, -0.2) is 0 Å². The van der Waals surface area contributed by atoms with Crippen LogP contribution < -0.4 is 5.73 Å². The Morgan fingerprint density at radius 1 is 1.56 bits per heavy atom. The number of hydrogen-bond acceptors (Lipinski definition) is 2. The summed E-state index contributed by atoms with van der Waals surface area (Å²) in [6.07, 6.45) is 2.15. The number of hydrogen-bond donors (Lipinski definition) is 1. The number of carbonyl (C=O) groups is 1. The van der Waals surface area contributed by atoms with Crippen molar-refractivity contribution in [1.82, 2.24) is 4.90 Å². The normalized spacial score (nSPS) is 19.9. The third-order valence-corrected chi connectivity index (χ3v) is 4.47. The molecule has 0 saturated carbocycles. The van der Waals surface area contributed by atoms with Gasteiger partial charge in [-0.1, -0.05) is 11.6 Å². The summed E-state index contributed by atoms with van der Waals surface area (Å²) in [5.41, 5.74) is 6.39. The molecule has 1 unspecified atom stereocenters. The van der Waals surface area contributed by atoms with Crippen molar-refractivity contribution in [3.05, 3.63) is 32.4 Å². The third kappa shape index (κ3) is 3.16. The second-order valence-corrected chi connectivity index (χ2v) is 6.22. The molecule has 1 saturated heterocycles. The van der Waals surface area contributed by atoms with E-state index in [0.29, 0.717) is 23.0 Å². The molecule has 1 aliphatic rings. The van der Waals surface area contributed by atoms with Crippen LogP contribution in [0.1, 0.15) is 23.2 Å². The zero-order chi connectivity index (χ0) is 13.1. The first kappa shape index (κ1) is 14.1. The molecular formula is C13H16ClIN2O. The Kier molecular flexibility index (Phi) is 4.86. The molecule has 0 aromatic heterocycles. The molecule has 1 aromatic carbocycles. The van der Waals surface area contributed by atoms with Gasteiger partial charge in [0.1, 0.15) is 0 Å². The highest BCUT2D eigenvalue weighted by atomic mass is 127. The summed E-state index contributed by atoms with van der Waals surface area (Å²) in [6, 6.07) is 5.43. The molecule has 0 bridgehead atoms. The largest absolute Gasteiger partial charge is 0.338 e. The number of piperidine rings is 1. The number of nitrogens with two attached hydrogens (primary N) is 1. The fourth-order valence-corrected chi connectivity index (χ4v) is 3.01. The van der Waals surface area contributed by atoms with Gasteiger partial charge in [0, 0.05) is 21.7 Å². The molecule has 1 aliphatic heterocycles. The number of carbonyl (C=O) groups excluding carboxylic acids is 1. The van der Waals surface area contributed by atoms with Crippen molar-refractivity contribution in [1.29, 1.82) is 0 Å². The minimum atomic E-state index is 0.0695. The van der Waals surface area contributed by atoms with Gasteiger partial charge in [-0.05, 0) is 66.1 Å². The van der Waals surface area contributed by atoms with Crippen LogP contribution in [0.3, 0.4) is 0 Å². The maximum atomic E-state index is 12.5. The number of rotatable bonds is 2. The Bertz CT molecular complexity index is 453. The molecule has 5 heteroatoms. The summed E-state index contributed by atoms with van der Waals surface area (Å²) in [5, 5.41) is 0.603. The summed E-state index contributed by atoms with van der Waals surface area (Å²) in [4.78, 5) is 14.4. The monoisotopic (exact) mass is 378 g/mol. The lowest BCUT2D eigenvalue weighted by Crippen LogP contribution is -2.42. The van der Waals surface area contributed by atoms with Gasteiger partial charge in [0.15, 0.2) is 0 Å². The minimum Gasteiger partial charge on any atom is -0.338 e. The van der Waals surface area contributed by atoms with Crippen molar-refractivity contribution >= 4 is 40.1 Å². The molecular weight excluding hydrogens is 363 g/mol. The van der Waals surface area contributed by atoms with Gasteiger partial charge < -0.3 is 10.6 Å². The molecule has 0 aliphatic carbocycles. The lowest BCUT2D eigenvalue weighted by atomic mass is 9.97. The van der Waals surface area contributed by atoms with E-state index in [2.05, 4.69) is 22.6 Å². The van der Waals surface area contributed by atoms with Crippen LogP contribution in [-0.4, -0.2) is 30.4 Å². The van der Waals surface area contributed by atoms with E-state index in [1.165, 1.54) is 0 Å². The first-order valence-corrected chi connectivity index (χ1v) is 7.52. The third-order valence-electron chi connectivity index (χ3n) is 3.30. The molecule has 1 heterocycles. The highest BCUT2D eigenvalue weighted by Gasteiger charge is 2.24. The van der Waals surface area contributed by atoms with Gasteiger partial charge in [0.05, 0.1) is 5.56 Å². The van der Waals surface area contributed by atoms with E-state index in [-0.39, 0.29) is 5.91 Å². The fraction of sp³-hybridized carbons (Fsp3) is 0.462. The minimum absolute atomic E-state index is 0.0695. The highest BCUT2D eigenvalue weighted by Crippen LogP contribution is 2.22. The number of halogens is 2. The van der Waals surface area contributed by atoms with Crippen molar-refractivity contribution in [2.75, 3.05) is 19.6 Å². The first-order valence-electron chi connectivity index (χ1n) is 6.06. The zero-order valence-corrected chi connectivity index (χ0v) is 12.9. The van der Waals surface area contributed by atoms with Gasteiger partial charge in [0.2, 0.25) is 0 Å². The molecule has 1 aromatic rings. The topological polar surface area (TPSA) is 46.3 Å². The van der Waals surface area contributed by atoms with Crippen molar-refractivity contribution in [2.24, 2.45) is 11.7 Å². The van der Waals surface area contributed by atoms with Gasteiger partial charge >= 0.3 is 0 Å². The van der Waals surface area contributed by atoms with Gasteiger partial charge in [-0.2, -0.15) is 0 Å². The molecule has 0 radical (unpaired) electrons. The Morgan fingerprint density at radius 3 is 3.06 bits per heavy atom. The average Bonchev–Trinajstić information content (AvgIpc) is 2.41. The lowest BCUT2D eigenvalue weighted by molar-refractivity contribution is 0.0677. The summed E-state index contributed by atoms with van der Waals surface area (Å²) >= 11 is 8.13. The van der Waals surface area contributed by atoms with E-state index in [9.17, 15) is 4.79 Å².